The molecule has 4 nitrogen and oxygen atoms in total. The zero-order chi connectivity index (χ0) is 30.3. The van der Waals surface area contributed by atoms with Crippen LogP contribution < -0.4 is 4.90 Å². The Morgan fingerprint density at radius 2 is 0.909 bits per heavy atom. The molecule has 0 fully saturated rings. The van der Waals surface area contributed by atoms with E-state index in [4.69, 9.17) is 15.0 Å². The molecule has 1 aromatic heterocycles. The summed E-state index contributed by atoms with van der Waals surface area (Å²) in [5, 5.41) is 0. The second-order valence-electron chi connectivity index (χ2n) is 12.0. The number of aryl methyl sites for hydroxylation is 2. The third kappa shape index (κ3) is 4.87. The van der Waals surface area contributed by atoms with Gasteiger partial charge >= 0.3 is 0 Å². The summed E-state index contributed by atoms with van der Waals surface area (Å²) in [6, 6.07) is 42.8. The maximum absolute atomic E-state index is 4.93. The Morgan fingerprint density at radius 1 is 0.500 bits per heavy atom. The van der Waals surface area contributed by atoms with E-state index in [1.54, 1.807) is 0 Å². The maximum atomic E-state index is 4.93. The Balaban J connectivity index is 1.35. The maximum Gasteiger partial charge on any atom is 0.164 e. The first-order chi connectivity index (χ1) is 21.5. The van der Waals surface area contributed by atoms with Crippen molar-refractivity contribution in [3.8, 4) is 34.2 Å². The molecule has 0 saturated heterocycles. The van der Waals surface area contributed by atoms with E-state index in [0.29, 0.717) is 17.5 Å². The molecule has 6 aromatic rings. The van der Waals surface area contributed by atoms with Crippen LogP contribution in [0.15, 0.2) is 121 Å². The van der Waals surface area contributed by atoms with Gasteiger partial charge in [-0.2, -0.15) is 0 Å². The van der Waals surface area contributed by atoms with Gasteiger partial charge in [-0.3, -0.25) is 0 Å². The van der Waals surface area contributed by atoms with E-state index < -0.39 is 0 Å². The van der Waals surface area contributed by atoms with Crippen molar-refractivity contribution in [2.75, 3.05) is 4.90 Å². The number of benzene rings is 5. The largest absolute Gasteiger partial charge is 0.310 e. The zero-order valence-electron chi connectivity index (χ0n) is 25.8. The fourth-order valence-electron chi connectivity index (χ4n) is 6.25. The molecule has 1 aliphatic rings. The van der Waals surface area contributed by atoms with Crippen molar-refractivity contribution in [1.29, 1.82) is 0 Å². The molecule has 0 radical (unpaired) electrons. The van der Waals surface area contributed by atoms with Crippen LogP contribution in [0.1, 0.15) is 49.9 Å². The first-order valence-electron chi connectivity index (χ1n) is 15.5. The Bertz CT molecular complexity index is 1830. The second-order valence-corrected chi connectivity index (χ2v) is 12.0. The minimum atomic E-state index is -0.107. The molecule has 4 heteroatoms. The zero-order valence-corrected chi connectivity index (χ0v) is 25.8. The molecule has 0 spiro atoms. The molecule has 5 aromatic carbocycles. The molecular weight excluding hydrogens is 536 g/mol. The molecule has 0 unspecified atom stereocenters. The lowest BCUT2D eigenvalue weighted by Gasteiger charge is -2.42. The van der Waals surface area contributed by atoms with Crippen LogP contribution in [-0.2, 0) is 18.3 Å². The van der Waals surface area contributed by atoms with Crippen LogP contribution in [0.2, 0.25) is 0 Å². The van der Waals surface area contributed by atoms with Crippen LogP contribution in [0.4, 0.5) is 17.1 Å². The van der Waals surface area contributed by atoms with Gasteiger partial charge in [0, 0.05) is 27.8 Å². The van der Waals surface area contributed by atoms with Crippen LogP contribution in [0.5, 0.6) is 0 Å². The third-order valence-corrected chi connectivity index (χ3v) is 8.85. The van der Waals surface area contributed by atoms with Gasteiger partial charge in [0.15, 0.2) is 17.5 Å². The van der Waals surface area contributed by atoms with Crippen LogP contribution in [0.25, 0.3) is 34.2 Å². The van der Waals surface area contributed by atoms with Gasteiger partial charge in [-0.25, -0.2) is 15.0 Å². The molecular formula is C40H36N4. The number of nitrogens with zero attached hydrogens (tertiary/aromatic N) is 4. The van der Waals surface area contributed by atoms with Crippen molar-refractivity contribution in [2.24, 2.45) is 0 Å². The summed E-state index contributed by atoms with van der Waals surface area (Å²) in [5.41, 5.74) is 11.8. The minimum Gasteiger partial charge on any atom is -0.310 e. The molecule has 44 heavy (non-hydrogen) atoms. The van der Waals surface area contributed by atoms with Gasteiger partial charge in [0.25, 0.3) is 0 Å². The molecule has 0 saturated carbocycles. The number of hydrogen-bond donors (Lipinski definition) is 0. The Hall–Kier alpha value is -5.09. The van der Waals surface area contributed by atoms with E-state index in [0.717, 1.165) is 35.2 Å². The highest BCUT2D eigenvalue weighted by atomic mass is 15.2. The van der Waals surface area contributed by atoms with E-state index >= 15 is 0 Å². The van der Waals surface area contributed by atoms with Crippen LogP contribution in [0.3, 0.4) is 0 Å². The molecule has 0 atom stereocenters. The topological polar surface area (TPSA) is 41.9 Å². The van der Waals surface area contributed by atoms with Crippen LogP contribution in [-0.4, -0.2) is 15.0 Å². The van der Waals surface area contributed by atoms with E-state index in [-0.39, 0.29) is 5.41 Å². The Kier molecular flexibility index (Phi) is 7.06. The highest BCUT2D eigenvalue weighted by Crippen LogP contribution is 2.52. The lowest BCUT2D eigenvalue weighted by atomic mass is 9.72. The molecule has 216 valence electrons. The number of hydrogen-bond acceptors (Lipinski definition) is 4. The van der Waals surface area contributed by atoms with E-state index in [1.165, 1.54) is 33.6 Å². The predicted molar refractivity (Wildman–Crippen MR) is 182 cm³/mol. The quantitative estimate of drug-likeness (QED) is 0.199. The highest BCUT2D eigenvalue weighted by Gasteiger charge is 2.37. The van der Waals surface area contributed by atoms with Crippen molar-refractivity contribution < 1.29 is 0 Å². The average molecular weight is 573 g/mol. The standard InChI is InChI=1S/C40H36N4/c1-5-27-17-23-35-33(25-27)40(3,4)34-26-28(6-2)18-24-36(34)44(35)32-21-19-31(20-22-32)39-42-37(29-13-9-7-10-14-29)41-38(43-39)30-15-11-8-12-16-30/h7-26H,5-6H2,1-4H3. The van der Waals surface area contributed by atoms with E-state index in [1.807, 2.05) is 60.7 Å². The van der Waals surface area contributed by atoms with Crippen LogP contribution in [0, 0.1) is 0 Å². The number of fused-ring (bicyclic) bond motifs is 2. The summed E-state index contributed by atoms with van der Waals surface area (Å²) in [5.74, 6) is 1.99. The van der Waals surface area contributed by atoms with Crippen molar-refractivity contribution in [3.05, 3.63) is 144 Å². The van der Waals surface area contributed by atoms with Crippen LogP contribution >= 0.6 is 0 Å². The average Bonchev–Trinajstić information content (AvgIpc) is 3.09. The summed E-state index contributed by atoms with van der Waals surface area (Å²) in [4.78, 5) is 17.1. The van der Waals surface area contributed by atoms with Gasteiger partial charge < -0.3 is 4.90 Å². The molecule has 0 amide bonds. The predicted octanol–water partition coefficient (Wildman–Crippen LogP) is 10.1. The lowest BCUT2D eigenvalue weighted by molar-refractivity contribution is 0.629. The number of aromatic nitrogens is 3. The van der Waals surface area contributed by atoms with E-state index in [9.17, 15) is 0 Å². The molecule has 0 aliphatic carbocycles. The molecule has 0 N–H and O–H groups in total. The van der Waals surface area contributed by atoms with Gasteiger partial charge in [-0.05, 0) is 71.5 Å². The Morgan fingerprint density at radius 3 is 1.32 bits per heavy atom. The SMILES string of the molecule is CCc1ccc2c(c1)C(C)(C)c1cc(CC)ccc1N2c1ccc(-c2nc(-c3ccccc3)nc(-c3ccccc3)n2)cc1. The van der Waals surface area contributed by atoms with Crippen molar-refractivity contribution in [3.63, 3.8) is 0 Å². The van der Waals surface area contributed by atoms with Gasteiger partial charge in [0.05, 0.1) is 11.4 Å². The first kappa shape index (κ1) is 27.7. The minimum absolute atomic E-state index is 0.107. The molecule has 0 bridgehead atoms. The van der Waals surface area contributed by atoms with Gasteiger partial charge in [0.1, 0.15) is 0 Å². The van der Waals surface area contributed by atoms with Gasteiger partial charge in [-0.15, -0.1) is 0 Å². The number of anilines is 3. The van der Waals surface area contributed by atoms with Crippen molar-refractivity contribution in [1.82, 2.24) is 15.0 Å². The molecule has 2 heterocycles. The molecule has 7 rings (SSSR count). The van der Waals surface area contributed by atoms with E-state index in [2.05, 4.69) is 93.3 Å². The lowest BCUT2D eigenvalue weighted by Crippen LogP contribution is -2.31. The fraction of sp³-hybridized carbons (Fsp3) is 0.175. The summed E-state index contributed by atoms with van der Waals surface area (Å²) in [6.45, 7) is 9.17. The fourth-order valence-corrected chi connectivity index (χ4v) is 6.25. The van der Waals surface area contributed by atoms with Gasteiger partial charge in [-0.1, -0.05) is 113 Å². The second kappa shape index (κ2) is 11.2. The summed E-state index contributed by atoms with van der Waals surface area (Å²) in [7, 11) is 0. The summed E-state index contributed by atoms with van der Waals surface area (Å²) < 4.78 is 0. The summed E-state index contributed by atoms with van der Waals surface area (Å²) in [6.07, 6.45) is 2.03. The first-order valence-corrected chi connectivity index (χ1v) is 15.5. The third-order valence-electron chi connectivity index (χ3n) is 8.85. The summed E-state index contributed by atoms with van der Waals surface area (Å²) >= 11 is 0. The monoisotopic (exact) mass is 572 g/mol. The smallest absolute Gasteiger partial charge is 0.164 e. The highest BCUT2D eigenvalue weighted by molar-refractivity contribution is 5.86. The van der Waals surface area contributed by atoms with Crippen molar-refractivity contribution >= 4 is 17.1 Å². The normalized spacial score (nSPS) is 13.3. The Labute approximate surface area is 260 Å². The number of rotatable bonds is 6. The van der Waals surface area contributed by atoms with Crippen molar-refractivity contribution in [2.45, 2.75) is 46.0 Å². The molecule has 1 aliphatic heterocycles. The van der Waals surface area contributed by atoms with Gasteiger partial charge in [0.2, 0.25) is 0 Å².